The first-order valence-electron chi connectivity index (χ1n) is 11.3. The normalized spacial score (nSPS) is 12.4. The van der Waals surface area contributed by atoms with Gasteiger partial charge in [-0.05, 0) is 43.9 Å². The molecule has 6 nitrogen and oxygen atoms in total. The van der Waals surface area contributed by atoms with E-state index in [4.69, 9.17) is 18.1 Å². The molecule has 1 rings (SSSR count). The second-order valence-electron chi connectivity index (χ2n) is 7.26. The SMILES string of the molecule is CCCCOP(=O)(OCCCC)c1cccc(P(=O)(OCCCC)OCCCC)c1. The summed E-state index contributed by atoms with van der Waals surface area (Å²) in [5, 5.41) is 0.788. The van der Waals surface area contributed by atoms with Gasteiger partial charge in [0.1, 0.15) is 0 Å². The summed E-state index contributed by atoms with van der Waals surface area (Å²) >= 11 is 0. The second kappa shape index (κ2) is 15.3. The molecule has 0 heterocycles. The minimum Gasteiger partial charge on any atom is -0.305 e. The van der Waals surface area contributed by atoms with Gasteiger partial charge in [0.2, 0.25) is 0 Å². The first kappa shape index (κ1) is 27.6. The van der Waals surface area contributed by atoms with E-state index < -0.39 is 15.2 Å². The molecule has 8 heteroatoms. The molecule has 0 radical (unpaired) electrons. The van der Waals surface area contributed by atoms with Crippen molar-refractivity contribution in [3.8, 4) is 0 Å². The van der Waals surface area contributed by atoms with Gasteiger partial charge in [-0.15, -0.1) is 0 Å². The third-order valence-electron chi connectivity index (χ3n) is 4.50. The Hall–Kier alpha value is -0.480. The van der Waals surface area contributed by atoms with Crippen molar-refractivity contribution >= 4 is 25.8 Å². The topological polar surface area (TPSA) is 71.1 Å². The van der Waals surface area contributed by atoms with E-state index in [1.165, 1.54) is 0 Å². The molecule has 0 amide bonds. The Balaban J connectivity index is 3.16. The van der Waals surface area contributed by atoms with Gasteiger partial charge in [0.15, 0.2) is 0 Å². The Morgan fingerprint density at radius 3 is 1.17 bits per heavy atom. The summed E-state index contributed by atoms with van der Waals surface area (Å²) in [6.45, 7) is 9.58. The molecule has 0 N–H and O–H groups in total. The summed E-state index contributed by atoms with van der Waals surface area (Å²) in [6.07, 6.45) is 6.89. The van der Waals surface area contributed by atoms with E-state index in [0.29, 0.717) is 37.0 Å². The van der Waals surface area contributed by atoms with E-state index in [2.05, 4.69) is 0 Å². The van der Waals surface area contributed by atoms with Crippen molar-refractivity contribution in [2.75, 3.05) is 26.4 Å². The smallest absolute Gasteiger partial charge is 0.305 e. The predicted octanol–water partition coefficient (Wildman–Crippen LogP) is 6.59. The monoisotopic (exact) mass is 462 g/mol. The molecular formula is C22H40O6P2. The first-order valence-corrected chi connectivity index (χ1v) is 14.4. The minimum atomic E-state index is -3.52. The Kier molecular flexibility index (Phi) is 14.1. The van der Waals surface area contributed by atoms with Crippen molar-refractivity contribution in [3.05, 3.63) is 24.3 Å². The summed E-state index contributed by atoms with van der Waals surface area (Å²) in [5.74, 6) is 0. The van der Waals surface area contributed by atoms with Crippen LogP contribution in [0.4, 0.5) is 0 Å². The van der Waals surface area contributed by atoms with Crippen molar-refractivity contribution in [3.63, 3.8) is 0 Å². The van der Waals surface area contributed by atoms with Gasteiger partial charge in [0, 0.05) is 0 Å². The minimum absolute atomic E-state index is 0.349. The van der Waals surface area contributed by atoms with Crippen molar-refractivity contribution in [2.45, 2.75) is 79.1 Å². The van der Waals surface area contributed by atoms with Gasteiger partial charge in [-0.2, -0.15) is 0 Å². The molecule has 0 atom stereocenters. The van der Waals surface area contributed by atoms with Crippen LogP contribution in [0.3, 0.4) is 0 Å². The number of rotatable bonds is 18. The van der Waals surface area contributed by atoms with Crippen molar-refractivity contribution in [1.29, 1.82) is 0 Å². The molecule has 0 aliphatic carbocycles. The number of unbranched alkanes of at least 4 members (excludes halogenated alkanes) is 4. The lowest BCUT2D eigenvalue weighted by atomic mass is 10.4. The zero-order valence-electron chi connectivity index (χ0n) is 19.1. The fourth-order valence-electron chi connectivity index (χ4n) is 2.52. The van der Waals surface area contributed by atoms with Crippen LogP contribution < -0.4 is 10.6 Å². The van der Waals surface area contributed by atoms with Crippen LogP contribution in [0.25, 0.3) is 0 Å². The van der Waals surface area contributed by atoms with E-state index in [9.17, 15) is 9.13 Å². The van der Waals surface area contributed by atoms with E-state index in [-0.39, 0.29) is 0 Å². The molecule has 0 aromatic heterocycles. The van der Waals surface area contributed by atoms with Crippen LogP contribution in [-0.2, 0) is 27.2 Å². The second-order valence-corrected chi connectivity index (χ2v) is 11.3. The van der Waals surface area contributed by atoms with Gasteiger partial charge in [-0.1, -0.05) is 59.4 Å². The molecule has 1 aromatic rings. The highest BCUT2D eigenvalue weighted by molar-refractivity contribution is 7.63. The van der Waals surface area contributed by atoms with Crippen molar-refractivity contribution < 1.29 is 27.2 Å². The van der Waals surface area contributed by atoms with Gasteiger partial charge in [-0.3, -0.25) is 9.13 Å². The number of hydrogen-bond acceptors (Lipinski definition) is 6. The molecule has 174 valence electrons. The molecule has 1 aromatic carbocycles. The molecule has 0 bridgehead atoms. The van der Waals surface area contributed by atoms with Crippen LogP contribution in [0.15, 0.2) is 24.3 Å². The largest absolute Gasteiger partial charge is 0.361 e. The standard InChI is InChI=1S/C22H40O6P2/c1-5-9-16-25-29(23,26-17-10-6-2)21-14-13-15-22(20-21)30(24,27-18-11-7-3)28-19-12-8-4/h13-15,20H,5-12,16-19H2,1-4H3. The highest BCUT2D eigenvalue weighted by Crippen LogP contribution is 2.50. The predicted molar refractivity (Wildman–Crippen MR) is 124 cm³/mol. The fourth-order valence-corrected chi connectivity index (χ4v) is 5.98. The highest BCUT2D eigenvalue weighted by atomic mass is 31.2. The van der Waals surface area contributed by atoms with Crippen molar-refractivity contribution in [1.82, 2.24) is 0 Å². The van der Waals surface area contributed by atoms with E-state index >= 15 is 0 Å². The van der Waals surface area contributed by atoms with Gasteiger partial charge in [-0.25, -0.2) is 0 Å². The lowest BCUT2D eigenvalue weighted by Crippen LogP contribution is -2.19. The maximum atomic E-state index is 13.5. The van der Waals surface area contributed by atoms with E-state index in [1.54, 1.807) is 24.3 Å². The summed E-state index contributed by atoms with van der Waals surface area (Å²) in [5.41, 5.74) is 0. The van der Waals surface area contributed by atoms with E-state index in [1.807, 2.05) is 27.7 Å². The molecule has 0 spiro atoms. The zero-order chi connectivity index (χ0) is 22.3. The molecular weight excluding hydrogens is 422 g/mol. The number of benzene rings is 1. The number of hydrogen-bond donors (Lipinski definition) is 0. The van der Waals surface area contributed by atoms with Crippen LogP contribution in [0.1, 0.15) is 79.1 Å². The van der Waals surface area contributed by atoms with E-state index in [0.717, 1.165) is 51.4 Å². The summed E-state index contributed by atoms with van der Waals surface area (Å²) in [6, 6.07) is 6.72. The van der Waals surface area contributed by atoms with Crippen LogP contribution in [0, 0.1) is 0 Å². The van der Waals surface area contributed by atoms with Gasteiger partial charge < -0.3 is 18.1 Å². The third kappa shape index (κ3) is 9.34. The fraction of sp³-hybridized carbons (Fsp3) is 0.727. The zero-order valence-corrected chi connectivity index (χ0v) is 20.9. The average molecular weight is 463 g/mol. The summed E-state index contributed by atoms with van der Waals surface area (Å²) < 4.78 is 50.0. The molecule has 0 aliphatic rings. The Morgan fingerprint density at radius 2 is 0.900 bits per heavy atom. The molecule has 0 saturated heterocycles. The maximum Gasteiger partial charge on any atom is 0.361 e. The molecule has 0 fully saturated rings. The lowest BCUT2D eigenvalue weighted by Gasteiger charge is -2.22. The quantitative estimate of drug-likeness (QED) is 0.181. The van der Waals surface area contributed by atoms with Gasteiger partial charge >= 0.3 is 15.2 Å². The summed E-state index contributed by atoms with van der Waals surface area (Å²) in [4.78, 5) is 0. The highest BCUT2D eigenvalue weighted by Gasteiger charge is 2.32. The average Bonchev–Trinajstić information content (AvgIpc) is 2.75. The first-order chi connectivity index (χ1) is 14.5. The van der Waals surface area contributed by atoms with Crippen LogP contribution in [-0.4, -0.2) is 26.4 Å². The van der Waals surface area contributed by atoms with Gasteiger partial charge in [0.25, 0.3) is 0 Å². The molecule has 30 heavy (non-hydrogen) atoms. The molecule has 0 saturated carbocycles. The van der Waals surface area contributed by atoms with Crippen LogP contribution in [0.5, 0.6) is 0 Å². The lowest BCUT2D eigenvalue weighted by molar-refractivity contribution is 0.208. The Labute approximate surface area is 183 Å². The van der Waals surface area contributed by atoms with Crippen molar-refractivity contribution in [2.24, 2.45) is 0 Å². The molecule has 0 unspecified atom stereocenters. The molecule has 0 aliphatic heterocycles. The Bertz CT molecular complexity index is 598. The Morgan fingerprint density at radius 1 is 0.600 bits per heavy atom. The summed E-state index contributed by atoms with van der Waals surface area (Å²) in [7, 11) is -7.05. The van der Waals surface area contributed by atoms with Crippen LogP contribution in [0.2, 0.25) is 0 Å². The third-order valence-corrected chi connectivity index (χ3v) is 8.41. The van der Waals surface area contributed by atoms with Gasteiger partial charge in [0.05, 0.1) is 37.0 Å². The van der Waals surface area contributed by atoms with Crippen LogP contribution >= 0.6 is 15.2 Å². The maximum absolute atomic E-state index is 13.5.